The van der Waals surface area contributed by atoms with E-state index in [9.17, 15) is 18.0 Å². The van der Waals surface area contributed by atoms with Crippen molar-refractivity contribution in [2.75, 3.05) is 42.8 Å². The fourth-order valence-corrected chi connectivity index (χ4v) is 7.89. The predicted octanol–water partition coefficient (Wildman–Crippen LogP) is 1.95. The average Bonchev–Trinajstić information content (AvgIpc) is 3.15. The molecular weight excluding hydrogens is 528 g/mol. The number of hydrogen-bond donors (Lipinski definition) is 1. The van der Waals surface area contributed by atoms with E-state index in [1.54, 1.807) is 17.0 Å². The number of fused-ring (bicyclic) bond motifs is 1. The highest BCUT2D eigenvalue weighted by atomic mass is 79.9. The van der Waals surface area contributed by atoms with Gasteiger partial charge in [0.1, 0.15) is 13.2 Å². The van der Waals surface area contributed by atoms with Crippen molar-refractivity contribution >= 4 is 60.3 Å². The third-order valence-corrected chi connectivity index (χ3v) is 8.46. The number of rotatable bonds is 9. The molecule has 0 saturated carbocycles. The summed E-state index contributed by atoms with van der Waals surface area (Å²) >= 11 is 4.73. The standard InChI is InChI=1S/C19H23BrN2O8S2/c1-3-29-14-5-11(20)12(6-15(14)30-4-2)22-13-9-32(26,27)10-16(13)31-19(22)21-17(23)7-28-8-18(24)25/h5-6,13,16H,3-4,7-10H2,1-2H3,(H,24,25)/t13-,16-/m1/s1. The molecule has 1 N–H and O–H groups in total. The number of amidine groups is 1. The van der Waals surface area contributed by atoms with E-state index in [0.29, 0.717) is 40.0 Å². The number of thioether (sulfide) groups is 1. The normalized spacial score (nSPS) is 22.7. The molecule has 1 aromatic rings. The monoisotopic (exact) mass is 550 g/mol. The lowest BCUT2D eigenvalue weighted by Gasteiger charge is -2.27. The first-order valence-corrected chi connectivity index (χ1v) is 13.3. The van der Waals surface area contributed by atoms with Gasteiger partial charge in [0.2, 0.25) is 0 Å². The van der Waals surface area contributed by atoms with Gasteiger partial charge in [-0.3, -0.25) is 4.79 Å². The van der Waals surface area contributed by atoms with E-state index < -0.39 is 41.0 Å². The molecule has 1 amide bonds. The van der Waals surface area contributed by atoms with E-state index in [1.165, 1.54) is 11.8 Å². The lowest BCUT2D eigenvalue weighted by Crippen LogP contribution is -2.38. The van der Waals surface area contributed by atoms with Crippen LogP contribution in [0.2, 0.25) is 0 Å². The number of hydrogen-bond acceptors (Lipinski definition) is 8. The summed E-state index contributed by atoms with van der Waals surface area (Å²) in [5.74, 6) is -0.926. The average molecular weight is 551 g/mol. The fraction of sp³-hybridized carbons (Fsp3) is 0.526. The molecule has 3 rings (SSSR count). The van der Waals surface area contributed by atoms with Gasteiger partial charge in [-0.25, -0.2) is 13.2 Å². The number of halogens is 1. The number of benzene rings is 1. The number of aliphatic imine (C=N–C) groups is 1. The van der Waals surface area contributed by atoms with E-state index in [2.05, 4.69) is 20.9 Å². The van der Waals surface area contributed by atoms with Crippen LogP contribution in [0, 0.1) is 0 Å². The summed E-state index contributed by atoms with van der Waals surface area (Å²) in [5, 5.41) is 8.69. The zero-order chi connectivity index (χ0) is 23.5. The summed E-state index contributed by atoms with van der Waals surface area (Å²) in [6, 6.07) is 3.05. The van der Waals surface area contributed by atoms with Crippen molar-refractivity contribution in [2.24, 2.45) is 4.99 Å². The zero-order valence-corrected chi connectivity index (χ0v) is 20.7. The van der Waals surface area contributed by atoms with Gasteiger partial charge in [-0.05, 0) is 29.8 Å². The summed E-state index contributed by atoms with van der Waals surface area (Å²) in [4.78, 5) is 28.7. The second kappa shape index (κ2) is 10.4. The molecule has 0 aromatic heterocycles. The largest absolute Gasteiger partial charge is 0.490 e. The molecule has 0 radical (unpaired) electrons. The minimum atomic E-state index is -3.24. The van der Waals surface area contributed by atoms with Gasteiger partial charge >= 0.3 is 5.97 Å². The number of amides is 1. The first kappa shape index (κ1) is 24.8. The first-order valence-electron chi connectivity index (χ1n) is 9.81. The van der Waals surface area contributed by atoms with Crippen molar-refractivity contribution in [3.63, 3.8) is 0 Å². The molecule has 2 atom stereocenters. The van der Waals surface area contributed by atoms with E-state index in [0.717, 1.165) is 0 Å². The van der Waals surface area contributed by atoms with Crippen LogP contribution < -0.4 is 14.4 Å². The van der Waals surface area contributed by atoms with Gasteiger partial charge in [0.05, 0.1) is 36.4 Å². The number of ether oxygens (including phenoxy) is 3. The number of aliphatic carboxylic acids is 1. The smallest absolute Gasteiger partial charge is 0.329 e. The molecule has 1 aromatic carbocycles. The molecule has 2 aliphatic heterocycles. The van der Waals surface area contributed by atoms with Gasteiger partial charge in [-0.1, -0.05) is 11.8 Å². The Hall–Kier alpha value is -1.83. The third kappa shape index (κ3) is 5.74. The summed E-state index contributed by atoms with van der Waals surface area (Å²) in [6.45, 7) is 3.42. The number of carboxylic acid groups (broad SMARTS) is 1. The molecule has 2 aliphatic rings. The zero-order valence-electron chi connectivity index (χ0n) is 17.4. The van der Waals surface area contributed by atoms with Gasteiger partial charge in [-0.15, -0.1) is 0 Å². The summed E-state index contributed by atoms with van der Waals surface area (Å²) < 4.78 is 41.3. The Morgan fingerprint density at radius 3 is 2.47 bits per heavy atom. The third-order valence-electron chi connectivity index (χ3n) is 4.61. The highest BCUT2D eigenvalue weighted by Gasteiger charge is 2.50. The van der Waals surface area contributed by atoms with Gasteiger partial charge in [0.15, 0.2) is 26.5 Å². The molecule has 2 fully saturated rings. The molecule has 2 heterocycles. The van der Waals surface area contributed by atoms with Gasteiger partial charge < -0.3 is 24.2 Å². The number of carbonyl (C=O) groups excluding carboxylic acids is 1. The Labute approximate surface area is 198 Å². The van der Waals surface area contributed by atoms with Crippen LogP contribution >= 0.6 is 27.7 Å². The number of carbonyl (C=O) groups is 2. The maximum absolute atomic E-state index is 12.3. The van der Waals surface area contributed by atoms with Gasteiger partial charge in [0, 0.05) is 21.9 Å². The molecule has 0 spiro atoms. The molecular formula is C19H23BrN2O8S2. The second-order valence-electron chi connectivity index (χ2n) is 6.96. The van der Waals surface area contributed by atoms with Crippen molar-refractivity contribution in [3.05, 3.63) is 16.6 Å². The van der Waals surface area contributed by atoms with Crippen molar-refractivity contribution in [3.8, 4) is 11.5 Å². The Bertz CT molecular complexity index is 1030. The van der Waals surface area contributed by atoms with Crippen LogP contribution in [-0.2, 0) is 24.2 Å². The van der Waals surface area contributed by atoms with Gasteiger partial charge in [-0.2, -0.15) is 4.99 Å². The number of nitrogens with zero attached hydrogens (tertiary/aromatic N) is 2. The molecule has 2 saturated heterocycles. The quantitative estimate of drug-likeness (QED) is 0.486. The lowest BCUT2D eigenvalue weighted by molar-refractivity contribution is -0.143. The van der Waals surface area contributed by atoms with Crippen molar-refractivity contribution in [1.82, 2.24) is 0 Å². The number of anilines is 1. The lowest BCUT2D eigenvalue weighted by atomic mass is 10.2. The molecule has 10 nitrogen and oxygen atoms in total. The number of carboxylic acids is 1. The van der Waals surface area contributed by atoms with Crippen LogP contribution in [0.1, 0.15) is 13.8 Å². The van der Waals surface area contributed by atoms with Crippen LogP contribution in [0.5, 0.6) is 11.5 Å². The topological polar surface area (TPSA) is 132 Å². The van der Waals surface area contributed by atoms with Crippen LogP contribution in [0.3, 0.4) is 0 Å². The van der Waals surface area contributed by atoms with Crippen LogP contribution in [-0.4, -0.2) is 79.8 Å². The summed E-state index contributed by atoms with van der Waals surface area (Å²) in [6.07, 6.45) is 0. The molecule has 13 heteroatoms. The minimum absolute atomic E-state index is 0.0193. The molecule has 176 valence electrons. The van der Waals surface area contributed by atoms with Crippen LogP contribution in [0.25, 0.3) is 0 Å². The maximum atomic E-state index is 12.3. The Balaban J connectivity index is 1.98. The van der Waals surface area contributed by atoms with Crippen LogP contribution in [0.15, 0.2) is 21.6 Å². The predicted molar refractivity (Wildman–Crippen MR) is 124 cm³/mol. The van der Waals surface area contributed by atoms with Crippen molar-refractivity contribution in [2.45, 2.75) is 25.1 Å². The molecule has 0 aliphatic carbocycles. The van der Waals surface area contributed by atoms with E-state index in [-0.39, 0.29) is 16.8 Å². The van der Waals surface area contributed by atoms with Gasteiger partial charge in [0.25, 0.3) is 5.91 Å². The second-order valence-corrected chi connectivity index (χ2v) is 11.2. The minimum Gasteiger partial charge on any atom is -0.490 e. The molecule has 0 unspecified atom stereocenters. The molecule has 0 bridgehead atoms. The van der Waals surface area contributed by atoms with Crippen LogP contribution in [0.4, 0.5) is 5.69 Å². The summed E-state index contributed by atoms with van der Waals surface area (Å²) in [5.41, 5.74) is 0.590. The molecule has 32 heavy (non-hydrogen) atoms. The summed E-state index contributed by atoms with van der Waals surface area (Å²) in [7, 11) is -3.24. The van der Waals surface area contributed by atoms with E-state index in [1.807, 2.05) is 13.8 Å². The highest BCUT2D eigenvalue weighted by Crippen LogP contribution is 2.46. The SMILES string of the molecule is CCOc1cc(Br)c(N2C(=NC(=O)COCC(=O)O)S[C@@H]3CS(=O)(=O)C[C@H]32)cc1OCC. The Morgan fingerprint density at radius 1 is 1.19 bits per heavy atom. The fourth-order valence-electron chi connectivity index (χ4n) is 3.46. The first-order chi connectivity index (χ1) is 15.1. The Morgan fingerprint density at radius 2 is 1.84 bits per heavy atom. The Kier molecular flexibility index (Phi) is 8.06. The van der Waals surface area contributed by atoms with E-state index in [4.69, 9.17) is 19.3 Å². The van der Waals surface area contributed by atoms with Crippen molar-refractivity contribution < 1.29 is 37.3 Å². The van der Waals surface area contributed by atoms with Crippen molar-refractivity contribution in [1.29, 1.82) is 0 Å². The number of sulfone groups is 1. The van der Waals surface area contributed by atoms with E-state index >= 15 is 0 Å². The highest BCUT2D eigenvalue weighted by molar-refractivity contribution is 9.10. The maximum Gasteiger partial charge on any atom is 0.329 e.